The van der Waals surface area contributed by atoms with Crippen LogP contribution in [-0.2, 0) is 11.3 Å². The molecule has 2 rings (SSSR count). The molecule has 6 heteroatoms. The van der Waals surface area contributed by atoms with Gasteiger partial charge in [-0.25, -0.2) is 0 Å². The van der Waals surface area contributed by atoms with Gasteiger partial charge in [-0.1, -0.05) is 6.42 Å². The highest BCUT2D eigenvalue weighted by Gasteiger charge is 2.25. The summed E-state index contributed by atoms with van der Waals surface area (Å²) < 4.78 is 1.62. The lowest BCUT2D eigenvalue weighted by atomic mass is 10.1. The van der Waals surface area contributed by atoms with Crippen LogP contribution < -0.4 is 11.1 Å². The predicted octanol–water partition coefficient (Wildman–Crippen LogP) is 0.359. The van der Waals surface area contributed by atoms with Crippen molar-refractivity contribution >= 4 is 11.6 Å². The SMILES string of the molecule is Cc1nn(CC(=O)NCC2CCCC2O)c(C)c1N. The van der Waals surface area contributed by atoms with Crippen molar-refractivity contribution in [3.05, 3.63) is 11.4 Å². The van der Waals surface area contributed by atoms with Gasteiger partial charge in [0, 0.05) is 12.5 Å². The fourth-order valence-electron chi connectivity index (χ4n) is 2.56. The van der Waals surface area contributed by atoms with E-state index in [2.05, 4.69) is 10.4 Å². The van der Waals surface area contributed by atoms with Gasteiger partial charge < -0.3 is 16.2 Å². The molecule has 19 heavy (non-hydrogen) atoms. The molecule has 1 fully saturated rings. The second-order valence-electron chi connectivity index (χ2n) is 5.30. The zero-order valence-corrected chi connectivity index (χ0v) is 11.5. The van der Waals surface area contributed by atoms with Crippen molar-refractivity contribution in [2.24, 2.45) is 5.92 Å². The van der Waals surface area contributed by atoms with E-state index in [1.165, 1.54) is 0 Å². The molecule has 0 aliphatic heterocycles. The maximum atomic E-state index is 11.9. The van der Waals surface area contributed by atoms with Gasteiger partial charge in [0.2, 0.25) is 5.91 Å². The third-order valence-electron chi connectivity index (χ3n) is 3.91. The van der Waals surface area contributed by atoms with Gasteiger partial charge in [-0.3, -0.25) is 9.48 Å². The number of aromatic nitrogens is 2. The number of nitrogens with zero attached hydrogens (tertiary/aromatic N) is 2. The molecule has 0 spiro atoms. The number of anilines is 1. The molecule has 0 saturated heterocycles. The van der Waals surface area contributed by atoms with Crippen LogP contribution in [0.15, 0.2) is 0 Å². The number of carbonyl (C=O) groups excluding carboxylic acids is 1. The minimum Gasteiger partial charge on any atom is -0.396 e. The van der Waals surface area contributed by atoms with Crippen molar-refractivity contribution in [2.75, 3.05) is 12.3 Å². The van der Waals surface area contributed by atoms with Gasteiger partial charge in [-0.2, -0.15) is 5.10 Å². The number of aliphatic hydroxyl groups excluding tert-OH is 1. The Morgan fingerprint density at radius 1 is 1.53 bits per heavy atom. The summed E-state index contributed by atoms with van der Waals surface area (Å²) in [7, 11) is 0. The number of nitrogens with two attached hydrogens (primary N) is 1. The minimum absolute atomic E-state index is 0.0929. The number of hydrogen-bond acceptors (Lipinski definition) is 4. The van der Waals surface area contributed by atoms with E-state index >= 15 is 0 Å². The summed E-state index contributed by atoms with van der Waals surface area (Å²) in [6.07, 6.45) is 2.59. The molecule has 1 heterocycles. The highest BCUT2D eigenvalue weighted by molar-refractivity contribution is 5.75. The molecule has 106 valence electrons. The lowest BCUT2D eigenvalue weighted by Crippen LogP contribution is -2.34. The fraction of sp³-hybridized carbons (Fsp3) is 0.692. The molecule has 2 unspecified atom stereocenters. The van der Waals surface area contributed by atoms with Crippen LogP contribution in [0.1, 0.15) is 30.7 Å². The molecule has 0 bridgehead atoms. The Kier molecular flexibility index (Phi) is 4.09. The van der Waals surface area contributed by atoms with E-state index in [0.29, 0.717) is 12.2 Å². The van der Waals surface area contributed by atoms with Crippen LogP contribution in [0.3, 0.4) is 0 Å². The van der Waals surface area contributed by atoms with E-state index in [-0.39, 0.29) is 24.5 Å². The molecular weight excluding hydrogens is 244 g/mol. The first-order valence-electron chi connectivity index (χ1n) is 6.73. The van der Waals surface area contributed by atoms with Gasteiger partial charge in [0.15, 0.2) is 0 Å². The molecule has 0 aromatic carbocycles. The topological polar surface area (TPSA) is 93.2 Å². The summed E-state index contributed by atoms with van der Waals surface area (Å²) in [5.74, 6) is 0.0965. The molecule has 4 N–H and O–H groups in total. The van der Waals surface area contributed by atoms with E-state index in [0.717, 1.165) is 30.7 Å². The Balaban J connectivity index is 1.85. The van der Waals surface area contributed by atoms with Crippen molar-refractivity contribution in [3.8, 4) is 0 Å². The van der Waals surface area contributed by atoms with E-state index < -0.39 is 0 Å². The number of hydrogen-bond donors (Lipinski definition) is 3. The first-order chi connectivity index (χ1) is 8.99. The van der Waals surface area contributed by atoms with Crippen LogP contribution in [0, 0.1) is 19.8 Å². The second kappa shape index (κ2) is 5.61. The first-order valence-corrected chi connectivity index (χ1v) is 6.73. The quantitative estimate of drug-likeness (QED) is 0.733. The third-order valence-corrected chi connectivity index (χ3v) is 3.91. The summed E-state index contributed by atoms with van der Waals surface area (Å²) in [5, 5.41) is 16.8. The Labute approximate surface area is 113 Å². The average Bonchev–Trinajstić information content (AvgIpc) is 2.87. The zero-order valence-electron chi connectivity index (χ0n) is 11.5. The molecular formula is C13H22N4O2. The molecule has 1 saturated carbocycles. The standard InChI is InChI=1S/C13H22N4O2/c1-8-13(14)9(2)17(16-8)7-12(19)15-6-10-4-3-5-11(10)18/h10-11,18H,3-7,14H2,1-2H3,(H,15,19). The van der Waals surface area contributed by atoms with E-state index in [1.54, 1.807) is 4.68 Å². The van der Waals surface area contributed by atoms with Crippen LogP contribution in [0.25, 0.3) is 0 Å². The van der Waals surface area contributed by atoms with Crippen molar-refractivity contribution in [1.82, 2.24) is 15.1 Å². The fourth-order valence-corrected chi connectivity index (χ4v) is 2.56. The number of carbonyl (C=O) groups is 1. The molecule has 6 nitrogen and oxygen atoms in total. The van der Waals surface area contributed by atoms with Crippen molar-refractivity contribution in [1.29, 1.82) is 0 Å². The smallest absolute Gasteiger partial charge is 0.241 e. The average molecular weight is 266 g/mol. The lowest BCUT2D eigenvalue weighted by Gasteiger charge is -2.15. The lowest BCUT2D eigenvalue weighted by molar-refractivity contribution is -0.122. The van der Waals surface area contributed by atoms with Crippen LogP contribution in [-0.4, -0.2) is 33.4 Å². The molecule has 1 amide bonds. The maximum absolute atomic E-state index is 11.9. The molecule has 2 atom stereocenters. The molecule has 1 aromatic heterocycles. The Morgan fingerprint density at radius 3 is 2.79 bits per heavy atom. The molecule has 1 aliphatic carbocycles. The molecule has 1 aliphatic rings. The predicted molar refractivity (Wildman–Crippen MR) is 72.5 cm³/mol. The van der Waals surface area contributed by atoms with Crippen LogP contribution in [0.4, 0.5) is 5.69 Å². The number of rotatable bonds is 4. The van der Waals surface area contributed by atoms with Gasteiger partial charge in [0.1, 0.15) is 6.54 Å². The number of aryl methyl sites for hydroxylation is 1. The first kappa shape index (κ1) is 13.9. The minimum atomic E-state index is -0.273. The van der Waals surface area contributed by atoms with Crippen molar-refractivity contribution in [3.63, 3.8) is 0 Å². The van der Waals surface area contributed by atoms with Crippen molar-refractivity contribution < 1.29 is 9.90 Å². The summed E-state index contributed by atoms with van der Waals surface area (Å²) in [6.45, 7) is 4.39. The summed E-state index contributed by atoms with van der Waals surface area (Å²) in [6, 6.07) is 0. The Hall–Kier alpha value is -1.56. The normalized spacial score (nSPS) is 22.7. The largest absolute Gasteiger partial charge is 0.396 e. The molecule has 1 aromatic rings. The van der Waals surface area contributed by atoms with E-state index in [9.17, 15) is 9.90 Å². The molecule has 0 radical (unpaired) electrons. The number of nitrogen functional groups attached to an aromatic ring is 1. The Morgan fingerprint density at radius 2 is 2.26 bits per heavy atom. The number of amides is 1. The van der Waals surface area contributed by atoms with Gasteiger partial charge in [0.05, 0.1) is 23.2 Å². The van der Waals surface area contributed by atoms with E-state index in [1.807, 2.05) is 13.8 Å². The highest BCUT2D eigenvalue weighted by Crippen LogP contribution is 2.24. The Bertz CT molecular complexity index is 469. The van der Waals surface area contributed by atoms with E-state index in [4.69, 9.17) is 5.73 Å². The maximum Gasteiger partial charge on any atom is 0.241 e. The third kappa shape index (κ3) is 3.07. The summed E-state index contributed by atoms with van der Waals surface area (Å²) in [5.41, 5.74) is 8.02. The van der Waals surface area contributed by atoms with Crippen LogP contribution in [0.5, 0.6) is 0 Å². The van der Waals surface area contributed by atoms with Crippen molar-refractivity contribution in [2.45, 2.75) is 45.8 Å². The zero-order chi connectivity index (χ0) is 14.0. The van der Waals surface area contributed by atoms with Gasteiger partial charge >= 0.3 is 0 Å². The van der Waals surface area contributed by atoms with Gasteiger partial charge in [0.25, 0.3) is 0 Å². The highest BCUT2D eigenvalue weighted by atomic mass is 16.3. The second-order valence-corrected chi connectivity index (χ2v) is 5.30. The van der Waals surface area contributed by atoms with Crippen LogP contribution >= 0.6 is 0 Å². The summed E-state index contributed by atoms with van der Waals surface area (Å²) in [4.78, 5) is 11.9. The number of nitrogens with one attached hydrogen (secondary N) is 1. The van der Waals surface area contributed by atoms with Gasteiger partial charge in [-0.15, -0.1) is 0 Å². The number of aliphatic hydroxyl groups is 1. The van der Waals surface area contributed by atoms with Crippen LogP contribution in [0.2, 0.25) is 0 Å². The monoisotopic (exact) mass is 266 g/mol. The summed E-state index contributed by atoms with van der Waals surface area (Å²) >= 11 is 0. The van der Waals surface area contributed by atoms with Gasteiger partial charge in [-0.05, 0) is 26.7 Å².